The number of nitrogens with one attached hydrogen (secondary N) is 1. The molecule has 6 nitrogen and oxygen atoms in total. The molecule has 0 spiro atoms. The van der Waals surface area contributed by atoms with Crippen LogP contribution >= 0.6 is 0 Å². The van der Waals surface area contributed by atoms with Gasteiger partial charge in [-0.2, -0.15) is 0 Å². The maximum absolute atomic E-state index is 12.2. The third-order valence-electron chi connectivity index (χ3n) is 4.52. The van der Waals surface area contributed by atoms with Crippen molar-refractivity contribution in [1.29, 1.82) is 0 Å². The number of para-hydroxylation sites is 1. The van der Waals surface area contributed by atoms with Crippen LogP contribution in [0.25, 0.3) is 11.0 Å². The van der Waals surface area contributed by atoms with Gasteiger partial charge in [0.15, 0.2) is 9.84 Å². The predicted octanol–water partition coefficient (Wildman–Crippen LogP) is 3.27. The molecule has 0 unspecified atom stereocenters. The molecular weight excluding hydrogens is 378 g/mol. The number of ether oxygens (including phenoxy) is 1. The number of fused-ring (bicyclic) bond motifs is 1. The molecule has 2 aromatic carbocycles. The number of furan rings is 1. The minimum absolute atomic E-state index is 0.106. The Morgan fingerprint density at radius 1 is 1.14 bits per heavy atom. The Morgan fingerprint density at radius 2 is 1.86 bits per heavy atom. The molecule has 3 aromatic rings. The molecule has 0 saturated carbocycles. The molecular formula is C21H23NO5S. The third kappa shape index (κ3) is 4.99. The molecule has 0 radical (unpaired) electrons. The van der Waals surface area contributed by atoms with Crippen molar-refractivity contribution in [1.82, 2.24) is 5.32 Å². The number of amides is 1. The molecule has 1 aromatic heterocycles. The monoisotopic (exact) mass is 401 g/mol. The summed E-state index contributed by atoms with van der Waals surface area (Å²) in [4.78, 5) is 12.4. The number of aryl methyl sites for hydroxylation is 1. The Morgan fingerprint density at radius 3 is 2.50 bits per heavy atom. The van der Waals surface area contributed by atoms with Crippen LogP contribution in [0.3, 0.4) is 0 Å². The first kappa shape index (κ1) is 20.1. The van der Waals surface area contributed by atoms with Crippen LogP contribution in [0.5, 0.6) is 0 Å². The Bertz CT molecular complexity index is 1020. The van der Waals surface area contributed by atoms with Crippen molar-refractivity contribution in [3.05, 3.63) is 65.9 Å². The van der Waals surface area contributed by atoms with Crippen LogP contribution in [-0.2, 0) is 25.8 Å². The Hall–Kier alpha value is -2.64. The lowest BCUT2D eigenvalue weighted by Gasteiger charge is -2.13. The van der Waals surface area contributed by atoms with Gasteiger partial charge in [-0.05, 0) is 36.2 Å². The summed E-state index contributed by atoms with van der Waals surface area (Å²) < 4.78 is 34.2. The van der Waals surface area contributed by atoms with Gasteiger partial charge in [0.1, 0.15) is 17.4 Å². The summed E-state index contributed by atoms with van der Waals surface area (Å²) >= 11 is 0. The topological polar surface area (TPSA) is 85.6 Å². The fraction of sp³-hybridized carbons (Fsp3) is 0.286. The zero-order chi connectivity index (χ0) is 20.1. The smallest absolute Gasteiger partial charge is 0.220 e. The average molecular weight is 401 g/mol. The number of rotatable bonds is 8. The van der Waals surface area contributed by atoms with Crippen molar-refractivity contribution in [3.63, 3.8) is 0 Å². The number of hydrogen-bond donors (Lipinski definition) is 1. The SMILES string of the molecule is CO[C@H](CNC(=O)CCc1ccc(S(C)(=O)=O)cc1)c1cc2ccccc2o1. The highest BCUT2D eigenvalue weighted by Gasteiger charge is 2.17. The highest BCUT2D eigenvalue weighted by atomic mass is 32.2. The van der Waals surface area contributed by atoms with E-state index in [0.29, 0.717) is 25.1 Å². The maximum Gasteiger partial charge on any atom is 0.220 e. The second-order valence-corrected chi connectivity index (χ2v) is 8.65. The zero-order valence-electron chi connectivity index (χ0n) is 15.8. The van der Waals surface area contributed by atoms with Crippen molar-refractivity contribution in [2.24, 2.45) is 0 Å². The standard InChI is InChI=1S/C21H23NO5S/c1-26-20(19-13-16-5-3-4-6-18(16)27-19)14-22-21(23)12-9-15-7-10-17(11-8-15)28(2,24)25/h3-8,10-11,13,20H,9,12,14H2,1-2H3,(H,22,23)/t20-/m1/s1. The molecule has 3 rings (SSSR count). The first-order valence-corrected chi connectivity index (χ1v) is 10.8. The first-order chi connectivity index (χ1) is 13.4. The largest absolute Gasteiger partial charge is 0.458 e. The summed E-state index contributed by atoms with van der Waals surface area (Å²) in [5.74, 6) is 0.561. The number of methoxy groups -OCH3 is 1. The first-order valence-electron chi connectivity index (χ1n) is 8.94. The predicted molar refractivity (Wildman–Crippen MR) is 107 cm³/mol. The lowest BCUT2D eigenvalue weighted by Crippen LogP contribution is -2.29. The number of hydrogen-bond acceptors (Lipinski definition) is 5. The van der Waals surface area contributed by atoms with Crippen LogP contribution in [-0.4, -0.2) is 34.2 Å². The summed E-state index contributed by atoms with van der Waals surface area (Å²) in [5, 5.41) is 3.85. The molecule has 0 aliphatic heterocycles. The number of benzene rings is 2. The summed E-state index contributed by atoms with van der Waals surface area (Å²) in [6.07, 6.45) is 1.63. The van der Waals surface area contributed by atoms with Crippen LogP contribution in [0, 0.1) is 0 Å². The Balaban J connectivity index is 1.52. The van der Waals surface area contributed by atoms with Gasteiger partial charge in [0.05, 0.1) is 11.4 Å². The fourth-order valence-electron chi connectivity index (χ4n) is 2.92. The van der Waals surface area contributed by atoms with Crippen molar-refractivity contribution in [2.75, 3.05) is 19.9 Å². The van der Waals surface area contributed by atoms with Gasteiger partial charge in [-0.15, -0.1) is 0 Å². The van der Waals surface area contributed by atoms with E-state index in [1.54, 1.807) is 31.4 Å². The van der Waals surface area contributed by atoms with E-state index in [0.717, 1.165) is 16.5 Å². The van der Waals surface area contributed by atoms with Crippen LogP contribution in [0.1, 0.15) is 23.8 Å². The van der Waals surface area contributed by atoms with E-state index in [1.807, 2.05) is 30.3 Å². The second-order valence-electron chi connectivity index (χ2n) is 6.63. The van der Waals surface area contributed by atoms with Gasteiger partial charge in [-0.25, -0.2) is 8.42 Å². The zero-order valence-corrected chi connectivity index (χ0v) is 16.7. The summed E-state index contributed by atoms with van der Waals surface area (Å²) in [7, 11) is -1.63. The van der Waals surface area contributed by atoms with Gasteiger partial charge < -0.3 is 14.5 Å². The molecule has 0 aliphatic carbocycles. The fourth-order valence-corrected chi connectivity index (χ4v) is 3.55. The third-order valence-corrected chi connectivity index (χ3v) is 5.65. The van der Waals surface area contributed by atoms with E-state index in [2.05, 4.69) is 5.32 Å². The minimum Gasteiger partial charge on any atom is -0.458 e. The summed E-state index contributed by atoms with van der Waals surface area (Å²) in [5.41, 5.74) is 1.69. The molecule has 0 bridgehead atoms. The molecule has 148 valence electrons. The van der Waals surface area contributed by atoms with Crippen LogP contribution in [0.2, 0.25) is 0 Å². The lowest BCUT2D eigenvalue weighted by atomic mass is 10.1. The van der Waals surface area contributed by atoms with Gasteiger partial charge in [0.25, 0.3) is 0 Å². The molecule has 1 heterocycles. The highest BCUT2D eigenvalue weighted by Crippen LogP contribution is 2.25. The number of carbonyl (C=O) groups is 1. The highest BCUT2D eigenvalue weighted by molar-refractivity contribution is 7.90. The molecule has 1 N–H and O–H groups in total. The number of sulfone groups is 1. The Labute approximate surface area is 164 Å². The van der Waals surface area contributed by atoms with Crippen molar-refractivity contribution >= 4 is 26.7 Å². The molecule has 1 amide bonds. The lowest BCUT2D eigenvalue weighted by molar-refractivity contribution is -0.121. The second kappa shape index (κ2) is 8.58. The Kier molecular flexibility index (Phi) is 6.16. The van der Waals surface area contributed by atoms with Gasteiger partial charge in [-0.1, -0.05) is 30.3 Å². The molecule has 1 atom stereocenters. The van der Waals surface area contributed by atoms with E-state index in [-0.39, 0.29) is 16.9 Å². The van der Waals surface area contributed by atoms with Gasteiger partial charge >= 0.3 is 0 Å². The van der Waals surface area contributed by atoms with Crippen molar-refractivity contribution < 1.29 is 22.4 Å². The van der Waals surface area contributed by atoms with Gasteiger partial charge in [0, 0.05) is 25.2 Å². The van der Waals surface area contributed by atoms with Crippen LogP contribution in [0.15, 0.2) is 63.9 Å². The van der Waals surface area contributed by atoms with E-state index in [1.165, 1.54) is 6.26 Å². The number of carbonyl (C=O) groups excluding carboxylic acids is 1. The van der Waals surface area contributed by atoms with Crippen LogP contribution in [0.4, 0.5) is 0 Å². The van der Waals surface area contributed by atoms with Crippen molar-refractivity contribution in [3.8, 4) is 0 Å². The molecule has 28 heavy (non-hydrogen) atoms. The molecule has 7 heteroatoms. The van der Waals surface area contributed by atoms with Crippen molar-refractivity contribution in [2.45, 2.75) is 23.8 Å². The molecule has 0 fully saturated rings. The summed E-state index contributed by atoms with van der Waals surface area (Å²) in [6, 6.07) is 16.2. The van der Waals surface area contributed by atoms with Gasteiger partial charge in [0.2, 0.25) is 5.91 Å². The minimum atomic E-state index is -3.21. The normalized spacial score (nSPS) is 12.8. The molecule has 0 aliphatic rings. The van der Waals surface area contributed by atoms with E-state index in [4.69, 9.17) is 9.15 Å². The quantitative estimate of drug-likeness (QED) is 0.626. The van der Waals surface area contributed by atoms with Crippen LogP contribution < -0.4 is 5.32 Å². The van der Waals surface area contributed by atoms with E-state index < -0.39 is 9.84 Å². The van der Waals surface area contributed by atoms with Gasteiger partial charge in [-0.3, -0.25) is 4.79 Å². The average Bonchev–Trinajstić information content (AvgIpc) is 3.10. The van der Waals surface area contributed by atoms with E-state index in [9.17, 15) is 13.2 Å². The maximum atomic E-state index is 12.2. The summed E-state index contributed by atoms with van der Waals surface area (Å²) in [6.45, 7) is 0.308. The molecule has 0 saturated heterocycles. The van der Waals surface area contributed by atoms with E-state index >= 15 is 0 Å².